The number of hydrogen-bond acceptors (Lipinski definition) is 3. The SMILES string of the molecule is COCCOCCCNc1c(F)cc(F)cc1F. The van der Waals surface area contributed by atoms with Crippen LogP contribution in [0.4, 0.5) is 18.9 Å². The molecule has 0 saturated carbocycles. The van der Waals surface area contributed by atoms with Crippen LogP contribution in [-0.4, -0.2) is 33.5 Å². The Morgan fingerprint density at radius 3 is 2.33 bits per heavy atom. The van der Waals surface area contributed by atoms with Crippen LogP contribution in [0, 0.1) is 17.5 Å². The molecular weight excluding hydrogens is 247 g/mol. The van der Waals surface area contributed by atoms with Gasteiger partial charge in [0.2, 0.25) is 0 Å². The van der Waals surface area contributed by atoms with E-state index in [1.165, 1.54) is 0 Å². The van der Waals surface area contributed by atoms with Gasteiger partial charge in [0.05, 0.1) is 13.2 Å². The molecule has 0 spiro atoms. The average Bonchev–Trinajstić information content (AvgIpc) is 2.30. The fourth-order valence-electron chi connectivity index (χ4n) is 1.34. The van der Waals surface area contributed by atoms with Gasteiger partial charge in [0.1, 0.15) is 11.5 Å². The maximum Gasteiger partial charge on any atom is 0.152 e. The fourth-order valence-corrected chi connectivity index (χ4v) is 1.34. The van der Waals surface area contributed by atoms with Crippen LogP contribution in [-0.2, 0) is 9.47 Å². The molecule has 0 unspecified atom stereocenters. The number of halogens is 3. The van der Waals surface area contributed by atoms with Gasteiger partial charge in [0.15, 0.2) is 11.6 Å². The average molecular weight is 263 g/mol. The molecular formula is C12H16F3NO2. The molecule has 102 valence electrons. The summed E-state index contributed by atoms with van der Waals surface area (Å²) < 4.78 is 49.0. The van der Waals surface area contributed by atoms with E-state index in [2.05, 4.69) is 5.32 Å². The van der Waals surface area contributed by atoms with Gasteiger partial charge in [0.25, 0.3) is 0 Å². The molecule has 1 rings (SSSR count). The Morgan fingerprint density at radius 2 is 1.72 bits per heavy atom. The Bertz CT molecular complexity index is 351. The van der Waals surface area contributed by atoms with E-state index in [1.54, 1.807) is 7.11 Å². The van der Waals surface area contributed by atoms with Crippen LogP contribution in [0.1, 0.15) is 6.42 Å². The topological polar surface area (TPSA) is 30.5 Å². The summed E-state index contributed by atoms with van der Waals surface area (Å²) in [5.74, 6) is -2.81. The van der Waals surface area contributed by atoms with Crippen molar-refractivity contribution in [2.75, 3.05) is 38.8 Å². The van der Waals surface area contributed by atoms with Crippen molar-refractivity contribution >= 4 is 5.69 Å². The summed E-state index contributed by atoms with van der Waals surface area (Å²) in [5, 5.41) is 2.57. The van der Waals surface area contributed by atoms with E-state index >= 15 is 0 Å². The lowest BCUT2D eigenvalue weighted by Crippen LogP contribution is -2.10. The maximum absolute atomic E-state index is 13.2. The molecule has 0 aliphatic carbocycles. The Hall–Kier alpha value is -1.27. The summed E-state index contributed by atoms with van der Waals surface area (Å²) in [6.07, 6.45) is 0.583. The first-order valence-corrected chi connectivity index (χ1v) is 5.60. The van der Waals surface area contributed by atoms with Crippen molar-refractivity contribution in [2.45, 2.75) is 6.42 Å². The van der Waals surface area contributed by atoms with Crippen LogP contribution in [0.3, 0.4) is 0 Å². The molecule has 0 bridgehead atoms. The molecule has 0 aliphatic heterocycles. The molecule has 1 aromatic carbocycles. The normalized spacial score (nSPS) is 10.7. The fraction of sp³-hybridized carbons (Fsp3) is 0.500. The lowest BCUT2D eigenvalue weighted by atomic mass is 10.2. The third-order valence-electron chi connectivity index (χ3n) is 2.21. The second kappa shape index (κ2) is 7.94. The third-order valence-corrected chi connectivity index (χ3v) is 2.21. The van der Waals surface area contributed by atoms with Crippen molar-refractivity contribution in [3.63, 3.8) is 0 Å². The van der Waals surface area contributed by atoms with Crippen LogP contribution in [0.2, 0.25) is 0 Å². The summed E-state index contributed by atoms with van der Waals surface area (Å²) in [6, 6.07) is 1.28. The van der Waals surface area contributed by atoms with Crippen molar-refractivity contribution < 1.29 is 22.6 Å². The third kappa shape index (κ3) is 4.93. The van der Waals surface area contributed by atoms with Crippen LogP contribution in [0.25, 0.3) is 0 Å². The summed E-state index contributed by atoms with van der Waals surface area (Å²) in [5.41, 5.74) is -0.312. The molecule has 6 heteroatoms. The van der Waals surface area contributed by atoms with E-state index in [0.29, 0.717) is 44.9 Å². The van der Waals surface area contributed by atoms with Crippen molar-refractivity contribution in [3.8, 4) is 0 Å². The first kappa shape index (κ1) is 14.8. The maximum atomic E-state index is 13.2. The number of ether oxygens (including phenoxy) is 2. The molecule has 0 fully saturated rings. The highest BCUT2D eigenvalue weighted by molar-refractivity contribution is 5.46. The summed E-state index contributed by atoms with van der Waals surface area (Å²) in [7, 11) is 1.57. The Kier molecular flexibility index (Phi) is 6.53. The number of hydrogen-bond donors (Lipinski definition) is 1. The number of rotatable bonds is 8. The van der Waals surface area contributed by atoms with Gasteiger partial charge in [-0.25, -0.2) is 13.2 Å². The highest BCUT2D eigenvalue weighted by atomic mass is 19.1. The molecule has 3 nitrogen and oxygen atoms in total. The van der Waals surface area contributed by atoms with Crippen LogP contribution in [0.5, 0.6) is 0 Å². The number of methoxy groups -OCH3 is 1. The summed E-state index contributed by atoms with van der Waals surface area (Å²) >= 11 is 0. The lowest BCUT2D eigenvalue weighted by molar-refractivity contribution is 0.0705. The van der Waals surface area contributed by atoms with Crippen LogP contribution >= 0.6 is 0 Å². The zero-order chi connectivity index (χ0) is 13.4. The molecule has 0 amide bonds. The predicted molar refractivity (Wildman–Crippen MR) is 62.1 cm³/mol. The smallest absolute Gasteiger partial charge is 0.152 e. The standard InChI is InChI=1S/C12H16F3NO2/c1-17-5-6-18-4-2-3-16-12-10(14)7-9(13)8-11(12)15/h7-8,16H,2-6H2,1H3. The number of anilines is 1. The highest BCUT2D eigenvalue weighted by Gasteiger charge is 2.10. The van der Waals surface area contributed by atoms with Crippen molar-refractivity contribution in [1.29, 1.82) is 0 Å². The van der Waals surface area contributed by atoms with Gasteiger partial charge in [-0.15, -0.1) is 0 Å². The van der Waals surface area contributed by atoms with E-state index in [-0.39, 0.29) is 5.69 Å². The van der Waals surface area contributed by atoms with Gasteiger partial charge in [-0.3, -0.25) is 0 Å². The van der Waals surface area contributed by atoms with E-state index in [9.17, 15) is 13.2 Å². The largest absolute Gasteiger partial charge is 0.382 e. The molecule has 1 N–H and O–H groups in total. The van der Waals surface area contributed by atoms with Crippen molar-refractivity contribution in [2.24, 2.45) is 0 Å². The first-order chi connectivity index (χ1) is 8.65. The van der Waals surface area contributed by atoms with E-state index < -0.39 is 17.5 Å². The van der Waals surface area contributed by atoms with E-state index in [1.807, 2.05) is 0 Å². The monoisotopic (exact) mass is 263 g/mol. The minimum Gasteiger partial charge on any atom is -0.382 e. The molecule has 0 aliphatic rings. The summed E-state index contributed by atoms with van der Waals surface area (Å²) in [6.45, 7) is 1.79. The van der Waals surface area contributed by atoms with Crippen LogP contribution in [0.15, 0.2) is 12.1 Å². The zero-order valence-electron chi connectivity index (χ0n) is 10.1. The van der Waals surface area contributed by atoms with Gasteiger partial charge in [0, 0.05) is 32.4 Å². The predicted octanol–water partition coefficient (Wildman–Crippen LogP) is 2.57. The molecule has 0 radical (unpaired) electrons. The minimum atomic E-state index is -0.937. The quantitative estimate of drug-likeness (QED) is 0.731. The van der Waals surface area contributed by atoms with Gasteiger partial charge in [-0.2, -0.15) is 0 Å². The van der Waals surface area contributed by atoms with Gasteiger partial charge >= 0.3 is 0 Å². The van der Waals surface area contributed by atoms with E-state index in [4.69, 9.17) is 9.47 Å². The zero-order valence-corrected chi connectivity index (χ0v) is 10.1. The second-order valence-corrected chi connectivity index (χ2v) is 3.63. The van der Waals surface area contributed by atoms with Gasteiger partial charge in [-0.1, -0.05) is 0 Å². The van der Waals surface area contributed by atoms with E-state index in [0.717, 1.165) is 0 Å². The summed E-state index contributed by atoms with van der Waals surface area (Å²) in [4.78, 5) is 0. The highest BCUT2D eigenvalue weighted by Crippen LogP contribution is 2.19. The minimum absolute atomic E-state index is 0.312. The second-order valence-electron chi connectivity index (χ2n) is 3.63. The van der Waals surface area contributed by atoms with Crippen molar-refractivity contribution in [1.82, 2.24) is 0 Å². The Labute approximate surface area is 104 Å². The molecule has 18 heavy (non-hydrogen) atoms. The van der Waals surface area contributed by atoms with Gasteiger partial charge in [-0.05, 0) is 6.42 Å². The van der Waals surface area contributed by atoms with Crippen LogP contribution < -0.4 is 5.32 Å². The Balaban J connectivity index is 2.27. The Morgan fingerprint density at radius 1 is 1.06 bits per heavy atom. The molecule has 0 heterocycles. The molecule has 1 aromatic rings. The number of benzene rings is 1. The first-order valence-electron chi connectivity index (χ1n) is 5.60. The number of nitrogens with one attached hydrogen (secondary N) is 1. The molecule has 0 saturated heterocycles. The van der Waals surface area contributed by atoms with Crippen molar-refractivity contribution in [3.05, 3.63) is 29.6 Å². The molecule has 0 atom stereocenters. The molecule has 0 aromatic heterocycles. The van der Waals surface area contributed by atoms with Gasteiger partial charge < -0.3 is 14.8 Å². The lowest BCUT2D eigenvalue weighted by Gasteiger charge is -2.09.